The number of hydrogen-bond acceptors (Lipinski definition) is 5. The van der Waals surface area contributed by atoms with E-state index in [0.717, 1.165) is 32.5 Å². The van der Waals surface area contributed by atoms with E-state index in [1.807, 2.05) is 26.8 Å². The van der Waals surface area contributed by atoms with Crippen LogP contribution in [0.5, 0.6) is 0 Å². The molecule has 172 valence electrons. The number of carbonyl (C=O) groups excluding carboxylic acids is 2. The molecule has 0 spiro atoms. The number of piperidine rings is 1. The Kier molecular flexibility index (Phi) is 8.32. The number of nitrogens with zero attached hydrogens (tertiary/aromatic N) is 2. The number of hydrogen-bond donors (Lipinski definition) is 1. The van der Waals surface area contributed by atoms with E-state index in [4.69, 9.17) is 9.47 Å². The van der Waals surface area contributed by atoms with E-state index in [9.17, 15) is 9.59 Å². The zero-order valence-corrected chi connectivity index (χ0v) is 19.1. The predicted molar refractivity (Wildman–Crippen MR) is 120 cm³/mol. The van der Waals surface area contributed by atoms with Crippen LogP contribution in [0.4, 0.5) is 4.79 Å². The Morgan fingerprint density at radius 2 is 1.84 bits per heavy atom. The second-order valence-corrected chi connectivity index (χ2v) is 9.63. The standard InChI is InChI=1S/C24H37N3O4/c1-24(2,3)31-23(29)27-11-9-19(10-12-27)15-22(28)25-16-21-18-26(13-14-30-21)17-20-7-5-4-6-8-20/h4-8,19,21H,9-18H2,1-3H3,(H,25,28). The number of benzene rings is 1. The minimum atomic E-state index is -0.480. The van der Waals surface area contributed by atoms with Crippen molar-refractivity contribution in [2.45, 2.75) is 58.3 Å². The van der Waals surface area contributed by atoms with Gasteiger partial charge in [0.1, 0.15) is 5.60 Å². The largest absolute Gasteiger partial charge is 0.444 e. The first kappa shape index (κ1) is 23.5. The molecule has 2 amide bonds. The Morgan fingerprint density at radius 3 is 2.52 bits per heavy atom. The molecule has 1 unspecified atom stereocenters. The molecule has 31 heavy (non-hydrogen) atoms. The number of carbonyl (C=O) groups is 2. The monoisotopic (exact) mass is 431 g/mol. The summed E-state index contributed by atoms with van der Waals surface area (Å²) >= 11 is 0. The van der Waals surface area contributed by atoms with E-state index in [2.05, 4.69) is 34.5 Å². The van der Waals surface area contributed by atoms with Crippen molar-refractivity contribution < 1.29 is 19.1 Å². The van der Waals surface area contributed by atoms with Crippen LogP contribution in [0.15, 0.2) is 30.3 Å². The van der Waals surface area contributed by atoms with Crippen molar-refractivity contribution in [2.24, 2.45) is 5.92 Å². The molecule has 2 aliphatic rings. The molecule has 2 heterocycles. The van der Waals surface area contributed by atoms with Gasteiger partial charge in [0.2, 0.25) is 5.91 Å². The number of ether oxygens (including phenoxy) is 2. The first-order chi connectivity index (χ1) is 14.8. The Hall–Kier alpha value is -2.12. The number of likely N-dealkylation sites (tertiary alicyclic amines) is 1. The van der Waals surface area contributed by atoms with E-state index >= 15 is 0 Å². The van der Waals surface area contributed by atoms with Gasteiger partial charge in [-0.15, -0.1) is 0 Å². The fraction of sp³-hybridized carbons (Fsp3) is 0.667. The molecular formula is C24H37N3O4. The molecule has 1 aromatic carbocycles. The average Bonchev–Trinajstić information content (AvgIpc) is 2.73. The summed E-state index contributed by atoms with van der Waals surface area (Å²) in [6, 6.07) is 10.4. The van der Waals surface area contributed by atoms with Crippen molar-refractivity contribution in [1.29, 1.82) is 0 Å². The minimum absolute atomic E-state index is 0.0235. The minimum Gasteiger partial charge on any atom is -0.444 e. The van der Waals surface area contributed by atoms with Gasteiger partial charge in [0.15, 0.2) is 0 Å². The molecule has 2 saturated heterocycles. The third-order valence-electron chi connectivity index (χ3n) is 5.74. The van der Waals surface area contributed by atoms with Gasteiger partial charge in [0.25, 0.3) is 0 Å². The second-order valence-electron chi connectivity index (χ2n) is 9.63. The van der Waals surface area contributed by atoms with Gasteiger partial charge in [0, 0.05) is 45.7 Å². The third kappa shape index (κ3) is 8.15. The number of morpholine rings is 1. The highest BCUT2D eigenvalue weighted by molar-refractivity contribution is 5.76. The molecule has 0 saturated carbocycles. The van der Waals surface area contributed by atoms with E-state index < -0.39 is 5.60 Å². The quantitative estimate of drug-likeness (QED) is 0.750. The molecule has 1 N–H and O–H groups in total. The van der Waals surface area contributed by atoms with Crippen LogP contribution >= 0.6 is 0 Å². The fourth-order valence-corrected chi connectivity index (χ4v) is 4.10. The maximum Gasteiger partial charge on any atom is 0.410 e. The average molecular weight is 432 g/mol. The van der Waals surface area contributed by atoms with E-state index in [-0.39, 0.29) is 18.1 Å². The highest BCUT2D eigenvalue weighted by atomic mass is 16.6. The van der Waals surface area contributed by atoms with Crippen molar-refractivity contribution in [1.82, 2.24) is 15.1 Å². The molecule has 0 aromatic heterocycles. The van der Waals surface area contributed by atoms with Gasteiger partial charge in [-0.3, -0.25) is 9.69 Å². The van der Waals surface area contributed by atoms with Gasteiger partial charge in [0.05, 0.1) is 12.7 Å². The summed E-state index contributed by atoms with van der Waals surface area (Å²) in [4.78, 5) is 28.7. The summed E-state index contributed by atoms with van der Waals surface area (Å²) in [6.07, 6.45) is 1.93. The molecular weight excluding hydrogens is 394 g/mol. The highest BCUT2D eigenvalue weighted by Crippen LogP contribution is 2.22. The molecule has 2 aliphatic heterocycles. The molecule has 0 bridgehead atoms. The zero-order valence-electron chi connectivity index (χ0n) is 19.1. The van der Waals surface area contributed by atoms with Crippen molar-refractivity contribution in [2.75, 3.05) is 39.3 Å². The molecule has 1 aromatic rings. The van der Waals surface area contributed by atoms with Crippen LogP contribution in [0.25, 0.3) is 0 Å². The normalized spacial score (nSPS) is 21.0. The maximum absolute atomic E-state index is 12.4. The van der Waals surface area contributed by atoms with Crippen molar-refractivity contribution in [3.8, 4) is 0 Å². The van der Waals surface area contributed by atoms with Gasteiger partial charge in [-0.25, -0.2) is 4.79 Å². The Balaban J connectivity index is 1.33. The maximum atomic E-state index is 12.4. The lowest BCUT2D eigenvalue weighted by molar-refractivity contribution is -0.123. The molecule has 0 aliphatic carbocycles. The van der Waals surface area contributed by atoms with Crippen LogP contribution in [0.3, 0.4) is 0 Å². The summed E-state index contributed by atoms with van der Waals surface area (Å²) in [5, 5.41) is 3.05. The summed E-state index contributed by atoms with van der Waals surface area (Å²) in [6.45, 7) is 10.8. The lowest BCUT2D eigenvalue weighted by atomic mass is 9.93. The highest BCUT2D eigenvalue weighted by Gasteiger charge is 2.28. The summed E-state index contributed by atoms with van der Waals surface area (Å²) in [7, 11) is 0. The fourth-order valence-electron chi connectivity index (χ4n) is 4.10. The first-order valence-corrected chi connectivity index (χ1v) is 11.4. The van der Waals surface area contributed by atoms with Gasteiger partial charge in [-0.05, 0) is 45.1 Å². The molecule has 0 radical (unpaired) electrons. The van der Waals surface area contributed by atoms with E-state index in [1.165, 1.54) is 5.56 Å². The van der Waals surface area contributed by atoms with E-state index in [1.54, 1.807) is 4.90 Å². The van der Waals surface area contributed by atoms with Crippen molar-refractivity contribution in [3.05, 3.63) is 35.9 Å². The Morgan fingerprint density at radius 1 is 1.13 bits per heavy atom. The van der Waals surface area contributed by atoms with E-state index in [0.29, 0.717) is 38.6 Å². The molecule has 3 rings (SSSR count). The topological polar surface area (TPSA) is 71.1 Å². The molecule has 7 nitrogen and oxygen atoms in total. The van der Waals surface area contributed by atoms with Crippen LogP contribution in [0.1, 0.15) is 45.6 Å². The van der Waals surface area contributed by atoms with Crippen molar-refractivity contribution >= 4 is 12.0 Å². The van der Waals surface area contributed by atoms with Crippen LogP contribution in [0, 0.1) is 5.92 Å². The first-order valence-electron chi connectivity index (χ1n) is 11.4. The van der Waals surface area contributed by atoms with Gasteiger partial charge in [-0.1, -0.05) is 30.3 Å². The van der Waals surface area contributed by atoms with Gasteiger partial charge in [-0.2, -0.15) is 0 Å². The summed E-state index contributed by atoms with van der Waals surface area (Å²) < 4.78 is 11.3. The third-order valence-corrected chi connectivity index (χ3v) is 5.74. The number of rotatable bonds is 6. The molecule has 7 heteroatoms. The molecule has 1 atom stereocenters. The van der Waals surface area contributed by atoms with Crippen LogP contribution in [0.2, 0.25) is 0 Å². The number of amides is 2. The van der Waals surface area contributed by atoms with Crippen LogP contribution in [-0.4, -0.2) is 72.8 Å². The summed E-state index contributed by atoms with van der Waals surface area (Å²) in [5.74, 6) is 0.375. The van der Waals surface area contributed by atoms with Gasteiger partial charge >= 0.3 is 6.09 Å². The van der Waals surface area contributed by atoms with Crippen molar-refractivity contribution in [3.63, 3.8) is 0 Å². The SMILES string of the molecule is CC(C)(C)OC(=O)N1CCC(CC(=O)NCC2CN(Cc3ccccc3)CCO2)CC1. The second kappa shape index (κ2) is 11.0. The lowest BCUT2D eigenvalue weighted by Crippen LogP contribution is -2.47. The van der Waals surface area contributed by atoms with Crippen LogP contribution < -0.4 is 5.32 Å². The summed E-state index contributed by atoms with van der Waals surface area (Å²) in [5.41, 5.74) is 0.816. The zero-order chi connectivity index (χ0) is 22.3. The molecule has 2 fully saturated rings. The predicted octanol–water partition coefficient (Wildman–Crippen LogP) is 3.04. The van der Waals surface area contributed by atoms with Gasteiger partial charge < -0.3 is 19.7 Å². The number of nitrogens with one attached hydrogen (secondary N) is 1. The Bertz CT molecular complexity index is 711. The smallest absolute Gasteiger partial charge is 0.410 e. The van der Waals surface area contributed by atoms with Crippen LogP contribution in [-0.2, 0) is 20.8 Å². The Labute approximate surface area is 186 Å². The lowest BCUT2D eigenvalue weighted by Gasteiger charge is -2.34.